The minimum atomic E-state index is -0.402. The quantitative estimate of drug-likeness (QED) is 0.567. The van der Waals surface area contributed by atoms with Gasteiger partial charge >= 0.3 is 0 Å². The molecule has 3 rings (SSSR count). The van der Waals surface area contributed by atoms with Gasteiger partial charge in [0, 0.05) is 50.8 Å². The fourth-order valence-corrected chi connectivity index (χ4v) is 4.57. The number of nitrogens with one attached hydrogen (secondary N) is 1. The van der Waals surface area contributed by atoms with E-state index in [-0.39, 0.29) is 24.3 Å². The highest BCUT2D eigenvalue weighted by Gasteiger charge is 2.36. The first-order chi connectivity index (χ1) is 15.9. The van der Waals surface area contributed by atoms with Crippen molar-refractivity contribution in [3.05, 3.63) is 12.1 Å². The van der Waals surface area contributed by atoms with E-state index in [0.717, 1.165) is 32.7 Å². The molecule has 2 atom stereocenters. The number of rotatable bonds is 10. The van der Waals surface area contributed by atoms with Gasteiger partial charge in [-0.05, 0) is 12.3 Å². The lowest BCUT2D eigenvalue weighted by atomic mass is 10.0. The zero-order chi connectivity index (χ0) is 24.0. The van der Waals surface area contributed by atoms with Crippen molar-refractivity contribution in [3.8, 4) is 17.2 Å². The summed E-state index contributed by atoms with van der Waals surface area (Å²) in [6, 6.07) is 3.73. The zero-order valence-corrected chi connectivity index (χ0v) is 20.4. The van der Waals surface area contributed by atoms with Gasteiger partial charge in [0.05, 0.1) is 46.1 Å². The Bertz CT molecular complexity index is 799. The fourth-order valence-electron chi connectivity index (χ4n) is 4.57. The van der Waals surface area contributed by atoms with E-state index in [1.165, 1.54) is 21.3 Å². The van der Waals surface area contributed by atoms with Crippen LogP contribution in [0.3, 0.4) is 0 Å². The molecule has 1 N–H and O–H groups in total. The van der Waals surface area contributed by atoms with Crippen molar-refractivity contribution >= 4 is 17.5 Å². The second-order valence-corrected chi connectivity index (χ2v) is 8.97. The van der Waals surface area contributed by atoms with Crippen LogP contribution in [0.5, 0.6) is 17.2 Å². The highest BCUT2D eigenvalue weighted by atomic mass is 16.5. The molecule has 9 nitrogen and oxygen atoms in total. The van der Waals surface area contributed by atoms with Crippen molar-refractivity contribution in [2.75, 3.05) is 65.6 Å². The van der Waals surface area contributed by atoms with Crippen molar-refractivity contribution in [2.45, 2.75) is 32.7 Å². The molecule has 2 amide bonds. The SMILES string of the molecule is COc1cc(N2CC(C(=O)NCC(CC(C)C)N3CCOCC3)CC2=O)cc(OC)c1OC. The third-order valence-corrected chi connectivity index (χ3v) is 6.27. The third kappa shape index (κ3) is 6.09. The normalized spacial score (nSPS) is 20.1. The Kier molecular flexibility index (Phi) is 8.80. The van der Waals surface area contributed by atoms with Crippen LogP contribution in [-0.4, -0.2) is 83.5 Å². The molecule has 2 unspecified atom stereocenters. The smallest absolute Gasteiger partial charge is 0.227 e. The second kappa shape index (κ2) is 11.6. The number of hydrogen-bond acceptors (Lipinski definition) is 7. The van der Waals surface area contributed by atoms with Crippen molar-refractivity contribution in [2.24, 2.45) is 11.8 Å². The van der Waals surface area contributed by atoms with Crippen LogP contribution in [0.1, 0.15) is 26.7 Å². The van der Waals surface area contributed by atoms with E-state index in [0.29, 0.717) is 41.9 Å². The molecule has 1 aromatic carbocycles. The van der Waals surface area contributed by atoms with Gasteiger partial charge in [-0.3, -0.25) is 14.5 Å². The number of carbonyl (C=O) groups excluding carboxylic acids is 2. The Labute approximate surface area is 196 Å². The number of morpholine rings is 1. The summed E-state index contributed by atoms with van der Waals surface area (Å²) in [5.74, 6) is 1.34. The maximum absolute atomic E-state index is 13.0. The lowest BCUT2D eigenvalue weighted by molar-refractivity contribution is -0.126. The standard InChI is InChI=1S/C24H37N3O6/c1-16(2)10-19(26-6-8-33-9-7-26)14-25-24(29)17-11-22(28)27(15-17)18-12-20(30-3)23(32-5)21(13-18)31-4/h12-13,16-17,19H,6-11,14-15H2,1-5H3,(H,25,29). The summed E-state index contributed by atoms with van der Waals surface area (Å²) < 4.78 is 21.7. The number of amides is 2. The lowest BCUT2D eigenvalue weighted by Crippen LogP contribution is -2.50. The molecule has 0 aromatic heterocycles. The minimum absolute atomic E-state index is 0.0830. The molecular formula is C24H37N3O6. The molecule has 0 saturated carbocycles. The predicted octanol–water partition coefficient (Wildman–Crippen LogP) is 1.93. The zero-order valence-electron chi connectivity index (χ0n) is 20.4. The van der Waals surface area contributed by atoms with E-state index in [9.17, 15) is 9.59 Å². The van der Waals surface area contributed by atoms with E-state index in [1.54, 1.807) is 17.0 Å². The summed E-state index contributed by atoms with van der Waals surface area (Å²) in [6.45, 7) is 8.49. The molecule has 2 saturated heterocycles. The van der Waals surface area contributed by atoms with E-state index < -0.39 is 5.92 Å². The predicted molar refractivity (Wildman–Crippen MR) is 125 cm³/mol. The number of hydrogen-bond donors (Lipinski definition) is 1. The molecule has 0 radical (unpaired) electrons. The van der Waals surface area contributed by atoms with Gasteiger partial charge in [-0.15, -0.1) is 0 Å². The summed E-state index contributed by atoms with van der Waals surface area (Å²) in [4.78, 5) is 29.8. The Morgan fingerprint density at radius 2 is 1.76 bits per heavy atom. The van der Waals surface area contributed by atoms with Gasteiger partial charge in [-0.25, -0.2) is 0 Å². The van der Waals surface area contributed by atoms with Crippen LogP contribution < -0.4 is 24.4 Å². The Balaban J connectivity index is 1.66. The molecule has 184 valence electrons. The Morgan fingerprint density at radius 1 is 1.12 bits per heavy atom. The van der Waals surface area contributed by atoms with Crippen LogP contribution >= 0.6 is 0 Å². The summed E-state index contributed by atoms with van der Waals surface area (Å²) in [5.41, 5.74) is 0.621. The lowest BCUT2D eigenvalue weighted by Gasteiger charge is -2.35. The van der Waals surface area contributed by atoms with E-state index in [4.69, 9.17) is 18.9 Å². The maximum Gasteiger partial charge on any atom is 0.227 e. The summed E-state index contributed by atoms with van der Waals surface area (Å²) in [6.07, 6.45) is 1.18. The monoisotopic (exact) mass is 463 g/mol. The average molecular weight is 464 g/mol. The third-order valence-electron chi connectivity index (χ3n) is 6.27. The molecular weight excluding hydrogens is 426 g/mol. The molecule has 9 heteroatoms. The van der Waals surface area contributed by atoms with Gasteiger partial charge in [0.15, 0.2) is 11.5 Å². The molecule has 2 heterocycles. The molecule has 2 fully saturated rings. The van der Waals surface area contributed by atoms with Crippen molar-refractivity contribution in [3.63, 3.8) is 0 Å². The number of methoxy groups -OCH3 is 3. The molecule has 1 aromatic rings. The summed E-state index contributed by atoms with van der Waals surface area (Å²) in [5, 5.41) is 3.11. The van der Waals surface area contributed by atoms with E-state index in [1.807, 2.05) is 0 Å². The first-order valence-corrected chi connectivity index (χ1v) is 11.6. The number of ether oxygens (including phenoxy) is 4. The summed E-state index contributed by atoms with van der Waals surface area (Å²) in [7, 11) is 4.60. The van der Waals surface area contributed by atoms with Crippen molar-refractivity contribution < 1.29 is 28.5 Å². The van der Waals surface area contributed by atoms with Crippen molar-refractivity contribution in [1.29, 1.82) is 0 Å². The van der Waals surface area contributed by atoms with Crippen LogP contribution in [0.25, 0.3) is 0 Å². The molecule has 0 bridgehead atoms. The Morgan fingerprint density at radius 3 is 2.30 bits per heavy atom. The molecule has 0 spiro atoms. The van der Waals surface area contributed by atoms with Crippen LogP contribution in [-0.2, 0) is 14.3 Å². The van der Waals surface area contributed by atoms with Gasteiger partial charge in [0.1, 0.15) is 0 Å². The average Bonchev–Trinajstić information content (AvgIpc) is 3.22. The number of anilines is 1. The van der Waals surface area contributed by atoms with Gasteiger partial charge < -0.3 is 29.2 Å². The number of carbonyl (C=O) groups is 2. The van der Waals surface area contributed by atoms with E-state index in [2.05, 4.69) is 24.1 Å². The minimum Gasteiger partial charge on any atom is -0.493 e. The van der Waals surface area contributed by atoms with Gasteiger partial charge in [0.2, 0.25) is 17.6 Å². The highest BCUT2D eigenvalue weighted by Crippen LogP contribution is 2.42. The molecule has 0 aliphatic carbocycles. The maximum atomic E-state index is 13.0. The second-order valence-electron chi connectivity index (χ2n) is 8.97. The van der Waals surface area contributed by atoms with Crippen LogP contribution in [0.2, 0.25) is 0 Å². The Hall–Kier alpha value is -2.52. The van der Waals surface area contributed by atoms with Crippen LogP contribution in [0, 0.1) is 11.8 Å². The first kappa shape index (κ1) is 25.1. The summed E-state index contributed by atoms with van der Waals surface area (Å²) >= 11 is 0. The van der Waals surface area contributed by atoms with Crippen molar-refractivity contribution in [1.82, 2.24) is 10.2 Å². The van der Waals surface area contributed by atoms with Crippen LogP contribution in [0.15, 0.2) is 12.1 Å². The largest absolute Gasteiger partial charge is 0.493 e. The van der Waals surface area contributed by atoms with Gasteiger partial charge in [-0.1, -0.05) is 13.8 Å². The topological polar surface area (TPSA) is 89.6 Å². The molecule has 33 heavy (non-hydrogen) atoms. The van der Waals surface area contributed by atoms with Gasteiger partial charge in [0.25, 0.3) is 0 Å². The fraction of sp³-hybridized carbons (Fsp3) is 0.667. The highest BCUT2D eigenvalue weighted by molar-refractivity contribution is 6.00. The molecule has 2 aliphatic rings. The number of benzene rings is 1. The first-order valence-electron chi connectivity index (χ1n) is 11.6. The number of nitrogens with zero attached hydrogens (tertiary/aromatic N) is 2. The van der Waals surface area contributed by atoms with Crippen LogP contribution in [0.4, 0.5) is 5.69 Å². The van der Waals surface area contributed by atoms with E-state index >= 15 is 0 Å². The van der Waals surface area contributed by atoms with Gasteiger partial charge in [-0.2, -0.15) is 0 Å². The molecule has 2 aliphatic heterocycles.